The maximum Gasteiger partial charge on any atom is 0.202 e. The number of nitrogens with zero attached hydrogens (tertiary/aromatic N) is 2. The van der Waals surface area contributed by atoms with Gasteiger partial charge in [-0.2, -0.15) is 4.37 Å². The van der Waals surface area contributed by atoms with Crippen LogP contribution < -0.4 is 11.1 Å². The van der Waals surface area contributed by atoms with E-state index in [4.69, 9.17) is 5.73 Å². The molecule has 1 rings (SSSR count). The summed E-state index contributed by atoms with van der Waals surface area (Å²) in [7, 11) is 0. The molecule has 1 heterocycles. The van der Waals surface area contributed by atoms with Crippen LogP contribution in [0.5, 0.6) is 0 Å². The molecule has 0 saturated heterocycles. The molecule has 3 N–H and O–H groups in total. The minimum Gasteiger partial charge on any atom is -0.360 e. The average Bonchev–Trinajstić information content (AvgIpc) is 2.60. The zero-order valence-corrected chi connectivity index (χ0v) is 8.73. The summed E-state index contributed by atoms with van der Waals surface area (Å²) >= 11 is 1.43. The number of hydrogen-bond donors (Lipinski definition) is 2. The van der Waals surface area contributed by atoms with Gasteiger partial charge in [0.2, 0.25) is 5.13 Å². The molecule has 0 radical (unpaired) electrons. The van der Waals surface area contributed by atoms with Crippen LogP contribution in [0.15, 0.2) is 0 Å². The van der Waals surface area contributed by atoms with Crippen molar-refractivity contribution < 1.29 is 0 Å². The second kappa shape index (κ2) is 5.88. The van der Waals surface area contributed by atoms with Crippen LogP contribution in [-0.4, -0.2) is 22.4 Å². The third-order valence-electron chi connectivity index (χ3n) is 1.69. The van der Waals surface area contributed by atoms with Gasteiger partial charge in [0.25, 0.3) is 0 Å². The van der Waals surface area contributed by atoms with E-state index in [2.05, 4.69) is 21.6 Å². The Morgan fingerprint density at radius 1 is 1.46 bits per heavy atom. The van der Waals surface area contributed by atoms with E-state index in [0.717, 1.165) is 43.3 Å². The zero-order valence-electron chi connectivity index (χ0n) is 7.92. The first kappa shape index (κ1) is 10.4. The largest absolute Gasteiger partial charge is 0.360 e. The van der Waals surface area contributed by atoms with Gasteiger partial charge in [0.05, 0.1) is 0 Å². The lowest BCUT2D eigenvalue weighted by molar-refractivity contribution is 0.773. The standard InChI is InChI=1S/C8H16N4S/c1-2-7-11-8(13-12-7)10-6-4-3-5-9/h2-6,9H2,1H3,(H,10,11,12). The lowest BCUT2D eigenvalue weighted by Gasteiger charge is -1.99. The predicted molar refractivity (Wildman–Crippen MR) is 56.1 cm³/mol. The smallest absolute Gasteiger partial charge is 0.202 e. The number of nitrogens with two attached hydrogens (primary N) is 1. The predicted octanol–water partition coefficient (Wildman–Crippen LogP) is 1.25. The molecule has 1 aromatic rings. The Bertz CT molecular complexity index is 236. The number of aryl methyl sites for hydroxylation is 1. The van der Waals surface area contributed by atoms with Crippen LogP contribution in [0.3, 0.4) is 0 Å². The van der Waals surface area contributed by atoms with E-state index in [-0.39, 0.29) is 0 Å². The van der Waals surface area contributed by atoms with Gasteiger partial charge in [-0.1, -0.05) is 6.92 Å². The molecule has 0 fully saturated rings. The average molecular weight is 200 g/mol. The fourth-order valence-corrected chi connectivity index (χ4v) is 1.61. The fraction of sp³-hybridized carbons (Fsp3) is 0.750. The van der Waals surface area contributed by atoms with Crippen LogP contribution in [0.1, 0.15) is 25.6 Å². The first-order valence-electron chi connectivity index (χ1n) is 4.63. The molecule has 0 spiro atoms. The minimum absolute atomic E-state index is 0.762. The minimum atomic E-state index is 0.762. The second-order valence-electron chi connectivity index (χ2n) is 2.79. The van der Waals surface area contributed by atoms with Crippen LogP contribution in [0.25, 0.3) is 0 Å². The van der Waals surface area contributed by atoms with Gasteiger partial charge in [0.1, 0.15) is 5.82 Å². The number of aromatic nitrogens is 2. The van der Waals surface area contributed by atoms with Crippen LogP contribution >= 0.6 is 11.5 Å². The van der Waals surface area contributed by atoms with Crippen LogP contribution in [-0.2, 0) is 6.42 Å². The van der Waals surface area contributed by atoms with Crippen molar-refractivity contribution in [3.8, 4) is 0 Å². The Balaban J connectivity index is 2.20. The summed E-state index contributed by atoms with van der Waals surface area (Å²) in [5.74, 6) is 0.923. The topological polar surface area (TPSA) is 63.8 Å². The highest BCUT2D eigenvalue weighted by Gasteiger charge is 1.99. The van der Waals surface area contributed by atoms with E-state index in [1.54, 1.807) is 0 Å². The number of hydrogen-bond acceptors (Lipinski definition) is 5. The molecule has 5 heteroatoms. The maximum absolute atomic E-state index is 5.38. The Labute approximate surface area is 82.7 Å². The molecule has 0 unspecified atom stereocenters. The summed E-state index contributed by atoms with van der Waals surface area (Å²) in [6, 6.07) is 0. The molecule has 13 heavy (non-hydrogen) atoms. The molecule has 0 amide bonds. The number of anilines is 1. The van der Waals surface area contributed by atoms with Crippen LogP contribution in [0.4, 0.5) is 5.13 Å². The van der Waals surface area contributed by atoms with E-state index >= 15 is 0 Å². The van der Waals surface area contributed by atoms with E-state index < -0.39 is 0 Å². The summed E-state index contributed by atoms with van der Waals surface area (Å²) in [6.07, 6.45) is 3.06. The Kier molecular flexibility index (Phi) is 4.70. The van der Waals surface area contributed by atoms with Gasteiger partial charge in [-0.05, 0) is 19.4 Å². The number of unbranched alkanes of at least 4 members (excludes halogenated alkanes) is 1. The number of rotatable bonds is 6. The van der Waals surface area contributed by atoms with Gasteiger partial charge in [-0.3, -0.25) is 0 Å². The summed E-state index contributed by atoms with van der Waals surface area (Å²) in [4.78, 5) is 4.29. The van der Waals surface area contributed by atoms with Crippen LogP contribution in [0.2, 0.25) is 0 Å². The lowest BCUT2D eigenvalue weighted by Crippen LogP contribution is -2.05. The Morgan fingerprint density at radius 2 is 2.31 bits per heavy atom. The first-order chi connectivity index (χ1) is 6.36. The second-order valence-corrected chi connectivity index (χ2v) is 3.54. The molecule has 0 aliphatic carbocycles. The quantitative estimate of drug-likeness (QED) is 0.678. The molecule has 1 aromatic heterocycles. The van der Waals surface area contributed by atoms with Crippen molar-refractivity contribution in [1.82, 2.24) is 9.36 Å². The molecule has 4 nitrogen and oxygen atoms in total. The summed E-state index contributed by atoms with van der Waals surface area (Å²) < 4.78 is 4.18. The lowest BCUT2D eigenvalue weighted by atomic mass is 10.3. The third kappa shape index (κ3) is 3.69. The third-order valence-corrected chi connectivity index (χ3v) is 2.40. The van der Waals surface area contributed by atoms with Gasteiger partial charge >= 0.3 is 0 Å². The molecule has 0 bridgehead atoms. The summed E-state index contributed by atoms with van der Waals surface area (Å²) in [5.41, 5.74) is 5.38. The molecule has 0 saturated carbocycles. The number of nitrogens with one attached hydrogen (secondary N) is 1. The van der Waals surface area contributed by atoms with Gasteiger partial charge in [-0.25, -0.2) is 4.98 Å². The zero-order chi connectivity index (χ0) is 9.52. The highest BCUT2D eigenvalue weighted by molar-refractivity contribution is 7.09. The fourth-order valence-electron chi connectivity index (χ4n) is 0.934. The maximum atomic E-state index is 5.38. The SMILES string of the molecule is CCc1nsc(NCCCCN)n1. The van der Waals surface area contributed by atoms with Crippen molar-refractivity contribution in [2.24, 2.45) is 5.73 Å². The van der Waals surface area contributed by atoms with Crippen molar-refractivity contribution >= 4 is 16.7 Å². The Hall–Kier alpha value is -0.680. The van der Waals surface area contributed by atoms with Crippen molar-refractivity contribution in [2.75, 3.05) is 18.4 Å². The molecule has 74 valence electrons. The molecular weight excluding hydrogens is 184 g/mol. The normalized spacial score (nSPS) is 10.3. The van der Waals surface area contributed by atoms with E-state index in [1.165, 1.54) is 11.5 Å². The molecule has 0 atom stereocenters. The van der Waals surface area contributed by atoms with Gasteiger partial charge in [0, 0.05) is 24.5 Å². The molecular formula is C8H16N4S. The molecule has 0 aliphatic rings. The van der Waals surface area contributed by atoms with Crippen molar-refractivity contribution in [3.05, 3.63) is 5.82 Å². The molecule has 0 aromatic carbocycles. The van der Waals surface area contributed by atoms with E-state index in [1.807, 2.05) is 0 Å². The van der Waals surface area contributed by atoms with Gasteiger partial charge in [0.15, 0.2) is 0 Å². The van der Waals surface area contributed by atoms with Gasteiger partial charge in [-0.15, -0.1) is 0 Å². The molecule has 0 aliphatic heterocycles. The van der Waals surface area contributed by atoms with Crippen molar-refractivity contribution in [3.63, 3.8) is 0 Å². The highest BCUT2D eigenvalue weighted by atomic mass is 32.1. The van der Waals surface area contributed by atoms with Gasteiger partial charge < -0.3 is 11.1 Å². The van der Waals surface area contributed by atoms with Crippen molar-refractivity contribution in [2.45, 2.75) is 26.2 Å². The highest BCUT2D eigenvalue weighted by Crippen LogP contribution is 2.10. The Morgan fingerprint density at radius 3 is 2.92 bits per heavy atom. The summed E-state index contributed by atoms with van der Waals surface area (Å²) in [5, 5.41) is 4.15. The monoisotopic (exact) mass is 200 g/mol. The van der Waals surface area contributed by atoms with E-state index in [9.17, 15) is 0 Å². The van der Waals surface area contributed by atoms with E-state index in [0.29, 0.717) is 0 Å². The van der Waals surface area contributed by atoms with Crippen molar-refractivity contribution in [1.29, 1.82) is 0 Å². The summed E-state index contributed by atoms with van der Waals surface area (Å²) in [6.45, 7) is 3.76. The first-order valence-corrected chi connectivity index (χ1v) is 5.40. The van der Waals surface area contributed by atoms with Crippen LogP contribution in [0, 0.1) is 0 Å².